The van der Waals surface area contributed by atoms with Crippen molar-refractivity contribution in [2.24, 2.45) is 0 Å². The summed E-state index contributed by atoms with van der Waals surface area (Å²) >= 11 is 2.73. The predicted octanol–water partition coefficient (Wildman–Crippen LogP) is 2.99. The first-order valence-electron chi connectivity index (χ1n) is 7.38. The van der Waals surface area contributed by atoms with Crippen molar-refractivity contribution < 1.29 is 14.6 Å². The number of methoxy groups -OCH3 is 1. The quantitative estimate of drug-likeness (QED) is 0.497. The third-order valence-electron chi connectivity index (χ3n) is 3.62. The zero-order chi connectivity index (χ0) is 17.1. The minimum Gasteiger partial charge on any atom is -0.549 e. The molecule has 0 unspecified atom stereocenters. The van der Waals surface area contributed by atoms with Gasteiger partial charge in [-0.2, -0.15) is 0 Å². The molecule has 3 rings (SSSR count). The fraction of sp³-hybridized carbons (Fsp3) is 0.235. The van der Waals surface area contributed by atoms with Gasteiger partial charge in [0.1, 0.15) is 21.9 Å². The number of nitrogens with zero attached hydrogens (tertiary/aromatic N) is 2. The Morgan fingerprint density at radius 3 is 2.71 bits per heavy atom. The van der Waals surface area contributed by atoms with E-state index in [4.69, 9.17) is 4.74 Å². The highest BCUT2D eigenvalue weighted by atomic mass is 32.2. The SMILES string of the molecule is CC[C@H](Sc1ncnc2scc(-c3ccc(OC)cc3)c12)C(=O)[O-]. The number of thioether (sulfide) groups is 1. The number of ether oxygens (including phenoxy) is 1. The van der Waals surface area contributed by atoms with Crippen molar-refractivity contribution in [3.8, 4) is 16.9 Å². The van der Waals surface area contributed by atoms with Crippen molar-refractivity contribution >= 4 is 39.3 Å². The topological polar surface area (TPSA) is 75.1 Å². The van der Waals surface area contributed by atoms with E-state index < -0.39 is 11.2 Å². The number of aromatic nitrogens is 2. The van der Waals surface area contributed by atoms with Gasteiger partial charge in [-0.25, -0.2) is 9.97 Å². The van der Waals surface area contributed by atoms with Gasteiger partial charge in [-0.3, -0.25) is 0 Å². The molecule has 2 aromatic heterocycles. The van der Waals surface area contributed by atoms with E-state index >= 15 is 0 Å². The predicted molar refractivity (Wildman–Crippen MR) is 94.3 cm³/mol. The molecule has 2 heterocycles. The maximum atomic E-state index is 11.2. The number of carbonyl (C=O) groups excluding carboxylic acids is 1. The summed E-state index contributed by atoms with van der Waals surface area (Å²) in [6.45, 7) is 1.82. The van der Waals surface area contributed by atoms with Crippen LogP contribution in [0.25, 0.3) is 21.3 Å². The molecule has 0 aliphatic rings. The van der Waals surface area contributed by atoms with Gasteiger partial charge < -0.3 is 14.6 Å². The van der Waals surface area contributed by atoms with Gasteiger partial charge in [-0.1, -0.05) is 30.8 Å². The Bertz CT molecular complexity index is 862. The number of carboxylic acid groups (broad SMARTS) is 1. The van der Waals surface area contributed by atoms with Crippen molar-refractivity contribution in [3.63, 3.8) is 0 Å². The van der Waals surface area contributed by atoms with Crippen LogP contribution in [0.5, 0.6) is 5.75 Å². The molecule has 124 valence electrons. The standard InChI is InChI=1S/C17H16N2O3S2/c1-3-13(17(20)21)24-16-14-12(8-23-15(14)18-9-19-16)10-4-6-11(22-2)7-5-10/h4-9,13H,3H2,1-2H3,(H,20,21)/p-1/t13-/m0/s1. The molecule has 1 atom stereocenters. The van der Waals surface area contributed by atoms with Crippen LogP contribution >= 0.6 is 23.1 Å². The zero-order valence-corrected chi connectivity index (χ0v) is 14.8. The molecule has 7 heteroatoms. The third kappa shape index (κ3) is 3.22. The Balaban J connectivity index is 2.07. The molecule has 0 aliphatic carbocycles. The molecule has 5 nitrogen and oxygen atoms in total. The molecule has 1 aromatic carbocycles. The van der Waals surface area contributed by atoms with Crippen LogP contribution in [0.15, 0.2) is 41.0 Å². The lowest BCUT2D eigenvalue weighted by Gasteiger charge is -2.15. The molecule has 3 aromatic rings. The van der Waals surface area contributed by atoms with Crippen LogP contribution in [-0.2, 0) is 4.79 Å². The highest BCUT2D eigenvalue weighted by Gasteiger charge is 2.17. The van der Waals surface area contributed by atoms with Crippen LogP contribution in [0.4, 0.5) is 0 Å². The van der Waals surface area contributed by atoms with Gasteiger partial charge in [0.15, 0.2) is 0 Å². The number of thiophene rings is 1. The Labute approximate surface area is 147 Å². The molecular weight excluding hydrogens is 344 g/mol. The Morgan fingerprint density at radius 2 is 2.08 bits per heavy atom. The maximum absolute atomic E-state index is 11.2. The second-order valence-electron chi connectivity index (χ2n) is 5.07. The van der Waals surface area contributed by atoms with E-state index in [2.05, 4.69) is 9.97 Å². The molecule has 24 heavy (non-hydrogen) atoms. The summed E-state index contributed by atoms with van der Waals surface area (Å²) in [6, 6.07) is 7.73. The van der Waals surface area contributed by atoms with Gasteiger partial charge >= 0.3 is 0 Å². The van der Waals surface area contributed by atoms with E-state index in [-0.39, 0.29) is 0 Å². The van der Waals surface area contributed by atoms with Crippen LogP contribution < -0.4 is 9.84 Å². The summed E-state index contributed by atoms with van der Waals surface area (Å²) in [5.41, 5.74) is 2.01. The minimum atomic E-state index is -1.07. The summed E-state index contributed by atoms with van der Waals surface area (Å²) in [6.07, 6.45) is 1.95. The van der Waals surface area contributed by atoms with Crippen molar-refractivity contribution in [1.29, 1.82) is 0 Å². The van der Waals surface area contributed by atoms with E-state index in [1.54, 1.807) is 7.11 Å². The van der Waals surface area contributed by atoms with Crippen molar-refractivity contribution in [2.75, 3.05) is 7.11 Å². The molecule has 0 saturated heterocycles. The number of carbonyl (C=O) groups is 1. The van der Waals surface area contributed by atoms with Crippen molar-refractivity contribution in [1.82, 2.24) is 9.97 Å². The molecule has 0 amide bonds. The van der Waals surface area contributed by atoms with Crippen molar-refractivity contribution in [2.45, 2.75) is 23.6 Å². The fourth-order valence-corrected chi connectivity index (χ4v) is 4.30. The minimum absolute atomic E-state index is 0.473. The monoisotopic (exact) mass is 359 g/mol. The second kappa shape index (κ2) is 7.19. The largest absolute Gasteiger partial charge is 0.549 e. The number of benzene rings is 1. The van der Waals surface area contributed by atoms with Gasteiger partial charge in [0.05, 0.1) is 23.7 Å². The lowest BCUT2D eigenvalue weighted by atomic mass is 10.1. The summed E-state index contributed by atoms with van der Waals surface area (Å²) in [7, 11) is 1.63. The number of hydrogen-bond donors (Lipinski definition) is 0. The molecule has 0 saturated carbocycles. The Hall–Kier alpha value is -2.12. The van der Waals surface area contributed by atoms with Gasteiger partial charge in [0.2, 0.25) is 0 Å². The molecule has 0 N–H and O–H groups in total. The first-order valence-corrected chi connectivity index (χ1v) is 9.14. The second-order valence-corrected chi connectivity index (χ2v) is 7.12. The van der Waals surface area contributed by atoms with E-state index in [9.17, 15) is 9.90 Å². The first kappa shape index (κ1) is 16.7. The van der Waals surface area contributed by atoms with Gasteiger partial charge in [0, 0.05) is 10.9 Å². The smallest absolute Gasteiger partial charge is 0.128 e. The molecule has 0 spiro atoms. The van der Waals surface area contributed by atoms with Crippen LogP contribution in [0.1, 0.15) is 13.3 Å². The van der Waals surface area contributed by atoms with Crippen molar-refractivity contribution in [3.05, 3.63) is 36.0 Å². The average Bonchev–Trinajstić information content (AvgIpc) is 3.04. The number of rotatable bonds is 6. The molecular formula is C17H15N2O3S2-. The first-order chi connectivity index (χ1) is 11.6. The normalized spacial score (nSPS) is 12.2. The number of carboxylic acids is 1. The highest BCUT2D eigenvalue weighted by Crippen LogP contribution is 2.39. The van der Waals surface area contributed by atoms with Crippen LogP contribution in [0.2, 0.25) is 0 Å². The zero-order valence-electron chi connectivity index (χ0n) is 13.2. The van der Waals surface area contributed by atoms with Gasteiger partial charge in [0.25, 0.3) is 0 Å². The van der Waals surface area contributed by atoms with Gasteiger partial charge in [-0.05, 0) is 24.1 Å². The van der Waals surface area contributed by atoms with E-state index in [1.165, 1.54) is 29.4 Å². The molecule has 0 bridgehead atoms. The van der Waals surface area contributed by atoms with Crippen LogP contribution in [-0.4, -0.2) is 28.3 Å². The van der Waals surface area contributed by atoms with Crippen LogP contribution in [0.3, 0.4) is 0 Å². The van der Waals surface area contributed by atoms with Crippen LogP contribution in [0, 0.1) is 0 Å². The lowest BCUT2D eigenvalue weighted by Crippen LogP contribution is -2.33. The summed E-state index contributed by atoms with van der Waals surface area (Å²) in [4.78, 5) is 20.7. The van der Waals surface area contributed by atoms with E-state index in [0.717, 1.165) is 27.1 Å². The Morgan fingerprint density at radius 1 is 1.33 bits per heavy atom. The summed E-state index contributed by atoms with van der Waals surface area (Å²) in [5.74, 6) is -0.289. The number of hydrogen-bond acceptors (Lipinski definition) is 7. The van der Waals surface area contributed by atoms with Gasteiger partial charge in [-0.15, -0.1) is 11.3 Å². The highest BCUT2D eigenvalue weighted by molar-refractivity contribution is 8.00. The summed E-state index contributed by atoms with van der Waals surface area (Å²) < 4.78 is 5.19. The Kier molecular flexibility index (Phi) is 5.01. The average molecular weight is 359 g/mol. The van der Waals surface area contributed by atoms with E-state index in [1.807, 2.05) is 36.6 Å². The maximum Gasteiger partial charge on any atom is 0.128 e. The lowest BCUT2D eigenvalue weighted by molar-refractivity contribution is -0.304. The van der Waals surface area contributed by atoms with E-state index in [0.29, 0.717) is 11.4 Å². The number of aliphatic carboxylic acids is 1. The third-order valence-corrected chi connectivity index (χ3v) is 5.85. The fourth-order valence-electron chi connectivity index (χ4n) is 2.35. The molecule has 0 aliphatic heterocycles. The molecule has 0 fully saturated rings. The molecule has 0 radical (unpaired) electrons. The number of fused-ring (bicyclic) bond motifs is 1. The summed E-state index contributed by atoms with van der Waals surface area (Å²) in [5, 5.41) is 14.2.